The van der Waals surface area contributed by atoms with Crippen LogP contribution in [0.4, 0.5) is 11.4 Å². The molecule has 0 saturated carbocycles. The van der Waals surface area contributed by atoms with E-state index in [0.29, 0.717) is 11.3 Å². The number of hydrogen-bond donors (Lipinski definition) is 3. The minimum Gasteiger partial charge on any atom is -0.398 e. The predicted octanol–water partition coefficient (Wildman–Crippen LogP) is 1.87. The lowest BCUT2D eigenvalue weighted by atomic mass is 10.1. The fraction of sp³-hybridized carbons (Fsp3) is 0.125. The highest BCUT2D eigenvalue weighted by Crippen LogP contribution is 2.15. The maximum Gasteiger partial charge on any atom is 0.257 e. The molecular weight excluding hydrogens is 264 g/mol. The first-order chi connectivity index (χ1) is 10.2. The highest BCUT2D eigenvalue weighted by atomic mass is 16.1. The highest BCUT2D eigenvalue weighted by Gasteiger charge is 2.10. The van der Waals surface area contributed by atoms with Gasteiger partial charge in [0, 0.05) is 23.5 Å². The molecule has 0 spiro atoms. The summed E-state index contributed by atoms with van der Waals surface area (Å²) in [6.45, 7) is 1.68. The number of nitrogen functional groups attached to an aromatic ring is 1. The zero-order chi connectivity index (χ0) is 14.7. The summed E-state index contributed by atoms with van der Waals surface area (Å²) in [5, 5.41) is 6.05. The Morgan fingerprint density at radius 1 is 1.14 bits per heavy atom. The quantitative estimate of drug-likeness (QED) is 0.751. The summed E-state index contributed by atoms with van der Waals surface area (Å²) in [7, 11) is 0. The van der Waals surface area contributed by atoms with Crippen LogP contribution in [-0.2, 0) is 0 Å². The van der Waals surface area contributed by atoms with E-state index in [1.807, 2.05) is 24.3 Å². The number of hydrogen-bond acceptors (Lipinski definition) is 4. The molecule has 1 heterocycles. The lowest BCUT2D eigenvalue weighted by molar-refractivity contribution is 0.102. The molecule has 0 bridgehead atoms. The SMILES string of the molecule is Nc1ccccc1C(=O)Nc1ccc(C2=NCCN2)cc1. The maximum absolute atomic E-state index is 12.1. The fourth-order valence-electron chi connectivity index (χ4n) is 2.20. The smallest absolute Gasteiger partial charge is 0.257 e. The predicted molar refractivity (Wildman–Crippen MR) is 84.7 cm³/mol. The van der Waals surface area contributed by atoms with Crippen molar-refractivity contribution in [2.45, 2.75) is 0 Å². The molecule has 5 heteroatoms. The number of benzene rings is 2. The third kappa shape index (κ3) is 2.86. The van der Waals surface area contributed by atoms with Crippen molar-refractivity contribution in [1.82, 2.24) is 5.32 Å². The molecule has 0 aromatic heterocycles. The van der Waals surface area contributed by atoms with Crippen molar-refractivity contribution in [1.29, 1.82) is 0 Å². The Morgan fingerprint density at radius 2 is 1.90 bits per heavy atom. The van der Waals surface area contributed by atoms with Crippen LogP contribution < -0.4 is 16.4 Å². The van der Waals surface area contributed by atoms with Crippen molar-refractivity contribution in [3.8, 4) is 0 Å². The molecule has 2 aromatic carbocycles. The molecule has 0 fully saturated rings. The number of carbonyl (C=O) groups excluding carboxylic acids is 1. The second kappa shape index (κ2) is 5.66. The molecule has 21 heavy (non-hydrogen) atoms. The van der Waals surface area contributed by atoms with Gasteiger partial charge in [-0.1, -0.05) is 12.1 Å². The van der Waals surface area contributed by atoms with Crippen LogP contribution >= 0.6 is 0 Å². The van der Waals surface area contributed by atoms with Crippen molar-refractivity contribution in [2.75, 3.05) is 24.1 Å². The van der Waals surface area contributed by atoms with Crippen LogP contribution in [0.2, 0.25) is 0 Å². The third-order valence-corrected chi connectivity index (χ3v) is 3.30. The van der Waals surface area contributed by atoms with Crippen molar-refractivity contribution < 1.29 is 4.79 Å². The third-order valence-electron chi connectivity index (χ3n) is 3.30. The van der Waals surface area contributed by atoms with E-state index in [1.165, 1.54) is 0 Å². The maximum atomic E-state index is 12.1. The Hall–Kier alpha value is -2.82. The van der Waals surface area contributed by atoms with Gasteiger partial charge < -0.3 is 16.4 Å². The van der Waals surface area contributed by atoms with Gasteiger partial charge in [0.25, 0.3) is 5.91 Å². The molecule has 0 radical (unpaired) electrons. The summed E-state index contributed by atoms with van der Waals surface area (Å²) >= 11 is 0. The van der Waals surface area contributed by atoms with Crippen molar-refractivity contribution in [3.63, 3.8) is 0 Å². The molecular formula is C16H16N4O. The summed E-state index contributed by atoms with van der Waals surface area (Å²) in [6, 6.07) is 14.6. The zero-order valence-electron chi connectivity index (χ0n) is 11.5. The van der Waals surface area contributed by atoms with Gasteiger partial charge in [0.1, 0.15) is 5.84 Å². The fourth-order valence-corrected chi connectivity index (χ4v) is 2.20. The molecule has 3 rings (SSSR count). The van der Waals surface area contributed by atoms with E-state index in [9.17, 15) is 4.79 Å². The second-order valence-electron chi connectivity index (χ2n) is 4.78. The monoisotopic (exact) mass is 280 g/mol. The largest absolute Gasteiger partial charge is 0.398 e. The van der Waals surface area contributed by atoms with Crippen LogP contribution in [0.3, 0.4) is 0 Å². The number of carbonyl (C=O) groups is 1. The first kappa shape index (κ1) is 13.2. The van der Waals surface area contributed by atoms with Gasteiger partial charge in [0.2, 0.25) is 0 Å². The van der Waals surface area contributed by atoms with Crippen LogP contribution in [0.25, 0.3) is 0 Å². The molecule has 0 atom stereocenters. The summed E-state index contributed by atoms with van der Waals surface area (Å²) in [4.78, 5) is 16.5. The summed E-state index contributed by atoms with van der Waals surface area (Å²) < 4.78 is 0. The Bertz CT molecular complexity index is 692. The first-order valence-corrected chi connectivity index (χ1v) is 6.78. The topological polar surface area (TPSA) is 79.5 Å². The second-order valence-corrected chi connectivity index (χ2v) is 4.78. The molecule has 0 aliphatic carbocycles. The molecule has 0 saturated heterocycles. The van der Waals surface area contributed by atoms with Gasteiger partial charge in [-0.3, -0.25) is 9.79 Å². The summed E-state index contributed by atoms with van der Waals surface area (Å²) in [5.74, 6) is 0.692. The number of anilines is 2. The van der Waals surface area contributed by atoms with E-state index in [4.69, 9.17) is 5.73 Å². The average molecular weight is 280 g/mol. The van der Waals surface area contributed by atoms with Gasteiger partial charge in [-0.25, -0.2) is 0 Å². The van der Waals surface area contributed by atoms with Crippen LogP contribution in [0, 0.1) is 0 Å². The number of amidine groups is 1. The normalized spacial score (nSPS) is 13.4. The zero-order valence-corrected chi connectivity index (χ0v) is 11.5. The summed E-state index contributed by atoms with van der Waals surface area (Å²) in [5.41, 5.74) is 8.49. The van der Waals surface area contributed by atoms with Crippen molar-refractivity contribution >= 4 is 23.1 Å². The van der Waals surface area contributed by atoms with E-state index in [2.05, 4.69) is 15.6 Å². The minimum absolute atomic E-state index is 0.211. The van der Waals surface area contributed by atoms with Crippen LogP contribution in [0.1, 0.15) is 15.9 Å². The Morgan fingerprint density at radius 3 is 2.57 bits per heavy atom. The average Bonchev–Trinajstić information content (AvgIpc) is 3.02. The number of nitrogens with zero attached hydrogens (tertiary/aromatic N) is 1. The number of para-hydroxylation sites is 1. The molecule has 1 aliphatic rings. The molecule has 5 nitrogen and oxygen atoms in total. The van der Waals surface area contributed by atoms with Crippen LogP contribution in [0.5, 0.6) is 0 Å². The lowest BCUT2D eigenvalue weighted by Gasteiger charge is -2.08. The number of nitrogens with one attached hydrogen (secondary N) is 2. The molecule has 2 aromatic rings. The Balaban J connectivity index is 1.73. The molecule has 1 amide bonds. The standard InChI is InChI=1S/C16H16N4O/c17-14-4-2-1-3-13(14)16(21)20-12-7-5-11(6-8-12)15-18-9-10-19-15/h1-8H,9-10,17H2,(H,18,19)(H,20,21). The van der Waals surface area contributed by atoms with Gasteiger partial charge in [0.15, 0.2) is 0 Å². The minimum atomic E-state index is -0.211. The van der Waals surface area contributed by atoms with Gasteiger partial charge >= 0.3 is 0 Å². The van der Waals surface area contributed by atoms with Crippen LogP contribution in [0.15, 0.2) is 53.5 Å². The number of amides is 1. The van der Waals surface area contributed by atoms with Crippen molar-refractivity contribution in [2.24, 2.45) is 4.99 Å². The van der Waals surface area contributed by atoms with Gasteiger partial charge in [-0.05, 0) is 36.4 Å². The van der Waals surface area contributed by atoms with Gasteiger partial charge in [-0.2, -0.15) is 0 Å². The molecule has 1 aliphatic heterocycles. The summed E-state index contributed by atoms with van der Waals surface area (Å²) in [6.07, 6.45) is 0. The molecule has 0 unspecified atom stereocenters. The molecule has 4 N–H and O–H groups in total. The molecule has 106 valence electrons. The van der Waals surface area contributed by atoms with E-state index < -0.39 is 0 Å². The number of rotatable bonds is 3. The van der Waals surface area contributed by atoms with Gasteiger partial charge in [0.05, 0.1) is 12.1 Å². The Labute approximate surface area is 122 Å². The van der Waals surface area contributed by atoms with Gasteiger partial charge in [-0.15, -0.1) is 0 Å². The van der Waals surface area contributed by atoms with E-state index in [0.717, 1.165) is 30.2 Å². The van der Waals surface area contributed by atoms with E-state index in [-0.39, 0.29) is 5.91 Å². The van der Waals surface area contributed by atoms with E-state index >= 15 is 0 Å². The lowest BCUT2D eigenvalue weighted by Crippen LogP contribution is -2.19. The van der Waals surface area contributed by atoms with Crippen molar-refractivity contribution in [3.05, 3.63) is 59.7 Å². The van der Waals surface area contributed by atoms with E-state index in [1.54, 1.807) is 24.3 Å². The Kier molecular flexibility index (Phi) is 3.55. The highest BCUT2D eigenvalue weighted by molar-refractivity contribution is 6.08. The van der Waals surface area contributed by atoms with Crippen LogP contribution in [-0.4, -0.2) is 24.8 Å². The number of nitrogens with two attached hydrogens (primary N) is 1. The first-order valence-electron chi connectivity index (χ1n) is 6.78. The number of aliphatic imine (C=N–C) groups is 1.